The van der Waals surface area contributed by atoms with Crippen LogP contribution in [0.25, 0.3) is 0 Å². The maximum Gasteiger partial charge on any atom is 0.234 e. The van der Waals surface area contributed by atoms with Crippen molar-refractivity contribution in [2.75, 3.05) is 0 Å². The normalized spacial score (nSPS) is 33.5. The van der Waals surface area contributed by atoms with Crippen LogP contribution < -0.4 is 0 Å². The lowest BCUT2D eigenvalue weighted by Crippen LogP contribution is -2.32. The molecule has 3 nitrogen and oxygen atoms in total. The van der Waals surface area contributed by atoms with E-state index in [9.17, 15) is 9.59 Å². The van der Waals surface area contributed by atoms with Gasteiger partial charge in [-0.25, -0.2) is 0 Å². The number of fused-ring (bicyclic) bond motifs is 5. The average Bonchev–Trinajstić information content (AvgIpc) is 3.29. The molecule has 0 radical (unpaired) electrons. The number of nitrogens with zero attached hydrogens (tertiary/aromatic N) is 1. The van der Waals surface area contributed by atoms with Crippen molar-refractivity contribution in [1.29, 1.82) is 0 Å². The van der Waals surface area contributed by atoms with Crippen LogP contribution in [-0.2, 0) is 16.1 Å². The molecule has 4 aliphatic rings. The van der Waals surface area contributed by atoms with Gasteiger partial charge >= 0.3 is 0 Å². The molecule has 1 aliphatic heterocycles. The first-order chi connectivity index (χ1) is 12.3. The molecule has 1 aromatic carbocycles. The summed E-state index contributed by atoms with van der Waals surface area (Å²) in [6.07, 6.45) is 10.6. The average molecular weight is 333 g/mol. The van der Waals surface area contributed by atoms with Gasteiger partial charge in [-0.3, -0.25) is 14.5 Å². The summed E-state index contributed by atoms with van der Waals surface area (Å²) in [6, 6.07) is 9.84. The first-order valence-electron chi connectivity index (χ1n) is 9.55. The van der Waals surface area contributed by atoms with Gasteiger partial charge in [-0.1, -0.05) is 60.1 Å². The molecule has 25 heavy (non-hydrogen) atoms. The van der Waals surface area contributed by atoms with E-state index < -0.39 is 0 Å². The molecule has 0 spiro atoms. The van der Waals surface area contributed by atoms with E-state index in [0.29, 0.717) is 6.54 Å². The fourth-order valence-corrected chi connectivity index (χ4v) is 5.49. The molecular weight excluding hydrogens is 310 g/mol. The summed E-state index contributed by atoms with van der Waals surface area (Å²) in [5, 5.41) is 0. The summed E-state index contributed by atoms with van der Waals surface area (Å²) < 4.78 is 0. The van der Waals surface area contributed by atoms with Crippen molar-refractivity contribution >= 4 is 11.8 Å². The molecule has 0 aromatic heterocycles. The van der Waals surface area contributed by atoms with E-state index in [2.05, 4.69) is 12.2 Å². The third-order valence-electron chi connectivity index (χ3n) is 6.56. The lowest BCUT2D eigenvalue weighted by molar-refractivity contribution is -0.141. The Morgan fingerprint density at radius 1 is 0.840 bits per heavy atom. The second-order valence-electron chi connectivity index (χ2n) is 7.86. The number of rotatable bonds is 2. The lowest BCUT2D eigenvalue weighted by atomic mass is 9.85. The van der Waals surface area contributed by atoms with Crippen molar-refractivity contribution in [2.45, 2.75) is 38.6 Å². The fraction of sp³-hybridized carbons (Fsp3) is 0.455. The van der Waals surface area contributed by atoms with Crippen molar-refractivity contribution < 1.29 is 9.59 Å². The van der Waals surface area contributed by atoms with Gasteiger partial charge < -0.3 is 0 Å². The number of hydrogen-bond donors (Lipinski definition) is 0. The summed E-state index contributed by atoms with van der Waals surface area (Å²) in [5.74, 6) is 0.168. The first kappa shape index (κ1) is 15.1. The summed E-state index contributed by atoms with van der Waals surface area (Å²) in [7, 11) is 0. The highest BCUT2D eigenvalue weighted by Crippen LogP contribution is 2.57. The SMILES string of the molecule is O=C1[C@@H]2[C@@H](C(=O)N1Cc1ccccc1)[C@H]1C=C[C@H]2C1=C1CCCCC1. The zero-order chi connectivity index (χ0) is 17.0. The molecule has 128 valence electrons. The largest absolute Gasteiger partial charge is 0.278 e. The van der Waals surface area contributed by atoms with Gasteiger partial charge in [0.25, 0.3) is 0 Å². The standard InChI is InChI=1S/C22H23NO2/c24-21-19-16-11-12-17(18(16)15-9-5-2-6-10-15)20(19)22(25)23(21)13-14-7-3-1-4-8-14/h1,3-4,7-8,11-12,16-17,19-20H,2,5-6,9-10,13H2/t16-,17-,19-,20-/m0/s1. The van der Waals surface area contributed by atoms with E-state index in [4.69, 9.17) is 0 Å². The molecule has 1 heterocycles. The molecule has 3 fully saturated rings. The van der Waals surface area contributed by atoms with E-state index in [1.165, 1.54) is 42.6 Å². The third kappa shape index (κ3) is 2.18. The van der Waals surface area contributed by atoms with Gasteiger partial charge in [0.1, 0.15) is 0 Å². The van der Waals surface area contributed by atoms with Crippen molar-refractivity contribution in [2.24, 2.45) is 23.7 Å². The highest BCUT2D eigenvalue weighted by Gasteiger charge is 2.61. The number of imide groups is 1. The Bertz CT molecular complexity index is 750. The predicted molar refractivity (Wildman–Crippen MR) is 95.2 cm³/mol. The van der Waals surface area contributed by atoms with E-state index in [-0.39, 0.29) is 35.5 Å². The first-order valence-corrected chi connectivity index (χ1v) is 9.55. The van der Waals surface area contributed by atoms with E-state index in [1.54, 1.807) is 5.57 Å². The molecule has 4 atom stereocenters. The van der Waals surface area contributed by atoms with Crippen molar-refractivity contribution in [3.05, 3.63) is 59.2 Å². The van der Waals surface area contributed by atoms with E-state index >= 15 is 0 Å². The van der Waals surface area contributed by atoms with Crippen LogP contribution in [0.4, 0.5) is 0 Å². The molecule has 2 bridgehead atoms. The van der Waals surface area contributed by atoms with Crippen molar-refractivity contribution in [1.82, 2.24) is 4.90 Å². The molecular formula is C22H23NO2. The van der Waals surface area contributed by atoms with Gasteiger partial charge in [-0.2, -0.15) is 0 Å². The van der Waals surface area contributed by atoms with Gasteiger partial charge in [-0.05, 0) is 31.2 Å². The number of amides is 2. The zero-order valence-corrected chi connectivity index (χ0v) is 14.4. The Kier molecular flexibility index (Phi) is 3.44. The number of allylic oxidation sites excluding steroid dienone is 4. The molecule has 2 amide bonds. The highest BCUT2D eigenvalue weighted by molar-refractivity contribution is 6.07. The van der Waals surface area contributed by atoms with Gasteiger partial charge in [0.15, 0.2) is 0 Å². The van der Waals surface area contributed by atoms with Crippen LogP contribution >= 0.6 is 0 Å². The Morgan fingerprint density at radius 3 is 2.04 bits per heavy atom. The smallest absolute Gasteiger partial charge is 0.234 e. The second kappa shape index (κ2) is 5.69. The van der Waals surface area contributed by atoms with Crippen LogP contribution in [0.1, 0.15) is 37.7 Å². The topological polar surface area (TPSA) is 37.4 Å². The zero-order valence-electron chi connectivity index (χ0n) is 14.4. The number of carbonyl (C=O) groups excluding carboxylic acids is 2. The second-order valence-corrected chi connectivity index (χ2v) is 7.86. The maximum absolute atomic E-state index is 13.1. The molecule has 3 heteroatoms. The van der Waals surface area contributed by atoms with Gasteiger partial charge in [0, 0.05) is 11.8 Å². The highest BCUT2D eigenvalue weighted by atomic mass is 16.2. The van der Waals surface area contributed by atoms with Gasteiger partial charge in [0.2, 0.25) is 11.8 Å². The maximum atomic E-state index is 13.1. The molecule has 2 saturated carbocycles. The van der Waals surface area contributed by atoms with Crippen LogP contribution in [0.5, 0.6) is 0 Å². The Morgan fingerprint density at radius 2 is 1.44 bits per heavy atom. The lowest BCUT2D eigenvalue weighted by Gasteiger charge is -2.23. The Balaban J connectivity index is 1.45. The van der Waals surface area contributed by atoms with E-state index in [0.717, 1.165) is 5.56 Å². The van der Waals surface area contributed by atoms with Gasteiger partial charge in [-0.15, -0.1) is 0 Å². The van der Waals surface area contributed by atoms with Crippen LogP contribution in [0, 0.1) is 23.7 Å². The minimum absolute atomic E-state index is 0.0459. The molecule has 0 unspecified atom stereocenters. The van der Waals surface area contributed by atoms with Crippen molar-refractivity contribution in [3.8, 4) is 0 Å². The monoisotopic (exact) mass is 333 g/mol. The van der Waals surface area contributed by atoms with Crippen LogP contribution in [0.2, 0.25) is 0 Å². The molecule has 1 aromatic rings. The van der Waals surface area contributed by atoms with Crippen LogP contribution in [-0.4, -0.2) is 16.7 Å². The fourth-order valence-electron chi connectivity index (χ4n) is 5.49. The number of carbonyl (C=O) groups is 2. The summed E-state index contributed by atoms with van der Waals surface area (Å²) >= 11 is 0. The summed E-state index contributed by atoms with van der Waals surface area (Å²) in [4.78, 5) is 27.7. The minimum atomic E-state index is -0.143. The Labute approximate surface area is 148 Å². The van der Waals surface area contributed by atoms with E-state index in [1.807, 2.05) is 30.3 Å². The predicted octanol–water partition coefficient (Wildman–Crippen LogP) is 3.86. The summed E-state index contributed by atoms with van der Waals surface area (Å²) in [6.45, 7) is 0.414. The quantitative estimate of drug-likeness (QED) is 0.609. The molecule has 5 rings (SSSR count). The number of benzene rings is 1. The third-order valence-corrected chi connectivity index (χ3v) is 6.56. The number of likely N-dealkylation sites (tertiary alicyclic amines) is 1. The Hall–Kier alpha value is -2.16. The number of hydrogen-bond acceptors (Lipinski definition) is 2. The van der Waals surface area contributed by atoms with Crippen LogP contribution in [0.3, 0.4) is 0 Å². The summed E-state index contributed by atoms with van der Waals surface area (Å²) in [5.41, 5.74) is 4.02. The van der Waals surface area contributed by atoms with Crippen LogP contribution in [0.15, 0.2) is 53.6 Å². The molecule has 3 aliphatic carbocycles. The molecule has 1 saturated heterocycles. The molecule has 0 N–H and O–H groups in total. The minimum Gasteiger partial charge on any atom is -0.278 e. The van der Waals surface area contributed by atoms with Gasteiger partial charge in [0.05, 0.1) is 18.4 Å². The van der Waals surface area contributed by atoms with Crippen molar-refractivity contribution in [3.63, 3.8) is 0 Å².